The number of halogens is 3. The van der Waals surface area contributed by atoms with Crippen LogP contribution >= 0.6 is 0 Å². The fraction of sp³-hybridized carbons (Fsp3) is 0.0833. The number of benzene rings is 4. The lowest BCUT2D eigenvalue weighted by atomic mass is 10.0. The van der Waals surface area contributed by atoms with E-state index in [1.165, 1.54) is 0 Å². The molecule has 0 fully saturated rings. The zero-order valence-electron chi connectivity index (χ0n) is 16.1. The largest absolute Gasteiger partial charge is 0.488 e. The average Bonchev–Trinajstić information content (AvgIpc) is 2.77. The Morgan fingerprint density at radius 2 is 1.58 bits per heavy atom. The molecule has 0 aliphatic heterocycles. The van der Waals surface area contributed by atoms with E-state index in [9.17, 15) is 23.3 Å². The van der Waals surface area contributed by atoms with Crippen LogP contribution in [0.1, 0.15) is 11.1 Å². The first-order valence-corrected chi connectivity index (χ1v) is 9.38. The van der Waals surface area contributed by atoms with Crippen molar-refractivity contribution in [3.8, 4) is 16.9 Å². The summed E-state index contributed by atoms with van der Waals surface area (Å²) in [6.45, 7) is 0.281. The summed E-state index contributed by atoms with van der Waals surface area (Å²) in [4.78, 5) is 10.5. The zero-order valence-corrected chi connectivity index (χ0v) is 16.1. The third kappa shape index (κ3) is 4.35. The Bertz CT molecular complexity index is 1250. The quantitative estimate of drug-likeness (QED) is 0.256. The van der Waals surface area contributed by atoms with Gasteiger partial charge in [-0.3, -0.25) is 10.1 Å². The van der Waals surface area contributed by atoms with Crippen molar-refractivity contribution in [2.45, 2.75) is 12.8 Å². The lowest BCUT2D eigenvalue weighted by Gasteiger charge is -2.11. The topological polar surface area (TPSA) is 52.4 Å². The summed E-state index contributed by atoms with van der Waals surface area (Å²) in [5.74, 6) is 0.737. The minimum atomic E-state index is -4.65. The molecule has 0 saturated heterocycles. The van der Waals surface area contributed by atoms with E-state index in [0.29, 0.717) is 11.6 Å². The second-order valence-electron chi connectivity index (χ2n) is 6.95. The first kappa shape index (κ1) is 20.4. The first-order chi connectivity index (χ1) is 14.8. The minimum Gasteiger partial charge on any atom is -0.488 e. The molecule has 0 N–H and O–H groups in total. The number of hydrogen-bond donors (Lipinski definition) is 0. The van der Waals surface area contributed by atoms with Gasteiger partial charge in [0.25, 0.3) is 5.69 Å². The molecule has 0 amide bonds. The van der Waals surface area contributed by atoms with Gasteiger partial charge in [-0.1, -0.05) is 60.7 Å². The fourth-order valence-electron chi connectivity index (χ4n) is 3.37. The van der Waals surface area contributed by atoms with Crippen molar-refractivity contribution in [3.63, 3.8) is 0 Å². The van der Waals surface area contributed by atoms with Crippen LogP contribution in [0.25, 0.3) is 21.9 Å². The van der Waals surface area contributed by atoms with Gasteiger partial charge in [-0.2, -0.15) is 13.2 Å². The van der Waals surface area contributed by atoms with E-state index < -0.39 is 22.4 Å². The van der Waals surface area contributed by atoms with E-state index in [0.717, 1.165) is 34.2 Å². The summed E-state index contributed by atoms with van der Waals surface area (Å²) < 4.78 is 44.6. The molecule has 4 aromatic carbocycles. The van der Waals surface area contributed by atoms with Crippen LogP contribution in [0.2, 0.25) is 0 Å². The molecule has 0 bridgehead atoms. The second kappa shape index (κ2) is 8.10. The maximum atomic E-state index is 12.9. The van der Waals surface area contributed by atoms with Crippen molar-refractivity contribution in [1.29, 1.82) is 0 Å². The van der Waals surface area contributed by atoms with Gasteiger partial charge in [0, 0.05) is 11.5 Å². The molecule has 0 atom stereocenters. The van der Waals surface area contributed by atoms with Gasteiger partial charge in [-0.15, -0.1) is 0 Å². The van der Waals surface area contributed by atoms with Gasteiger partial charge in [0.05, 0.1) is 16.1 Å². The molecule has 31 heavy (non-hydrogen) atoms. The Balaban J connectivity index is 1.56. The van der Waals surface area contributed by atoms with Crippen molar-refractivity contribution < 1.29 is 22.8 Å². The summed E-state index contributed by atoms with van der Waals surface area (Å²) in [6, 6.07) is 22.9. The molecule has 0 unspecified atom stereocenters. The van der Waals surface area contributed by atoms with Crippen molar-refractivity contribution in [1.82, 2.24) is 0 Å². The van der Waals surface area contributed by atoms with Crippen molar-refractivity contribution in [2.24, 2.45) is 0 Å². The van der Waals surface area contributed by atoms with E-state index in [1.807, 2.05) is 42.5 Å². The number of hydrogen-bond acceptors (Lipinski definition) is 3. The van der Waals surface area contributed by atoms with Gasteiger partial charge in [0.15, 0.2) is 0 Å². The standard InChI is InChI=1S/C24H16F3NO3/c25-24(26,27)19-12-13-20(22(14-19)28(29)30)18-10-8-16(9-11-18)15-31-23-7-3-5-17-4-1-2-6-21(17)23/h1-14H,15H2. The molecule has 0 aliphatic rings. The van der Waals surface area contributed by atoms with Crippen LogP contribution in [0.5, 0.6) is 5.75 Å². The number of nitro groups is 1. The molecule has 7 heteroatoms. The molecule has 0 saturated carbocycles. The van der Waals surface area contributed by atoms with Gasteiger partial charge in [0.1, 0.15) is 12.4 Å². The van der Waals surface area contributed by atoms with Gasteiger partial charge >= 0.3 is 6.18 Å². The van der Waals surface area contributed by atoms with Gasteiger partial charge in [-0.25, -0.2) is 0 Å². The molecule has 0 heterocycles. The molecular weight excluding hydrogens is 407 g/mol. The van der Waals surface area contributed by atoms with Crippen LogP contribution in [0.4, 0.5) is 18.9 Å². The highest BCUT2D eigenvalue weighted by Gasteiger charge is 2.33. The number of alkyl halides is 3. The Hall–Kier alpha value is -3.87. The molecule has 0 aromatic heterocycles. The van der Waals surface area contributed by atoms with Gasteiger partial charge < -0.3 is 4.74 Å². The lowest BCUT2D eigenvalue weighted by Crippen LogP contribution is -2.06. The maximum absolute atomic E-state index is 12.9. The Morgan fingerprint density at radius 3 is 2.29 bits per heavy atom. The summed E-state index contributed by atoms with van der Waals surface area (Å²) >= 11 is 0. The normalized spacial score (nSPS) is 11.5. The minimum absolute atomic E-state index is 0.125. The molecule has 4 rings (SSSR count). The molecular formula is C24H16F3NO3. The first-order valence-electron chi connectivity index (χ1n) is 9.38. The van der Waals surface area contributed by atoms with E-state index >= 15 is 0 Å². The third-order valence-electron chi connectivity index (χ3n) is 4.93. The van der Waals surface area contributed by atoms with Crippen molar-refractivity contribution in [2.75, 3.05) is 0 Å². The zero-order chi connectivity index (χ0) is 22.0. The predicted molar refractivity (Wildman–Crippen MR) is 112 cm³/mol. The van der Waals surface area contributed by atoms with Crippen LogP contribution in [0.15, 0.2) is 84.9 Å². The van der Waals surface area contributed by atoms with Crippen LogP contribution in [0.3, 0.4) is 0 Å². The highest BCUT2D eigenvalue weighted by molar-refractivity contribution is 5.88. The summed E-state index contributed by atoms with van der Waals surface area (Å²) in [5, 5.41) is 13.4. The van der Waals surface area contributed by atoms with Crippen molar-refractivity contribution in [3.05, 3.63) is 106 Å². The highest BCUT2D eigenvalue weighted by Crippen LogP contribution is 2.37. The van der Waals surface area contributed by atoms with Crippen LogP contribution in [0, 0.1) is 10.1 Å². The van der Waals surface area contributed by atoms with Crippen molar-refractivity contribution >= 4 is 16.5 Å². The van der Waals surface area contributed by atoms with E-state index in [1.54, 1.807) is 24.3 Å². The molecule has 4 nitrogen and oxygen atoms in total. The number of ether oxygens (including phenoxy) is 1. The van der Waals surface area contributed by atoms with E-state index in [2.05, 4.69) is 0 Å². The van der Waals surface area contributed by atoms with E-state index in [-0.39, 0.29) is 12.2 Å². The number of nitrogens with zero attached hydrogens (tertiary/aromatic N) is 1. The summed E-state index contributed by atoms with van der Waals surface area (Å²) in [7, 11) is 0. The number of fused-ring (bicyclic) bond motifs is 1. The Kier molecular flexibility index (Phi) is 5.33. The highest BCUT2D eigenvalue weighted by atomic mass is 19.4. The maximum Gasteiger partial charge on any atom is 0.416 e. The molecule has 4 aromatic rings. The van der Waals surface area contributed by atoms with Gasteiger partial charge in [0.2, 0.25) is 0 Å². The summed E-state index contributed by atoms with van der Waals surface area (Å²) in [5.41, 5.74) is -0.238. The van der Waals surface area contributed by atoms with Gasteiger partial charge in [-0.05, 0) is 34.7 Å². The molecule has 156 valence electrons. The SMILES string of the molecule is O=[N+]([O-])c1cc(C(F)(F)F)ccc1-c1ccc(COc2cccc3ccccc23)cc1. The Morgan fingerprint density at radius 1 is 0.871 bits per heavy atom. The van der Waals surface area contributed by atoms with E-state index in [4.69, 9.17) is 4.74 Å². The van der Waals surface area contributed by atoms with Crippen LogP contribution in [-0.4, -0.2) is 4.92 Å². The molecule has 0 spiro atoms. The third-order valence-corrected chi connectivity index (χ3v) is 4.93. The average molecular weight is 423 g/mol. The number of nitro benzene ring substituents is 1. The smallest absolute Gasteiger partial charge is 0.416 e. The molecule has 0 aliphatic carbocycles. The van der Waals surface area contributed by atoms with Crippen LogP contribution < -0.4 is 4.74 Å². The fourth-order valence-corrected chi connectivity index (χ4v) is 3.37. The number of rotatable bonds is 5. The predicted octanol–water partition coefficient (Wildman–Crippen LogP) is 7.01. The summed E-state index contributed by atoms with van der Waals surface area (Å²) in [6.07, 6.45) is -4.65. The lowest BCUT2D eigenvalue weighted by molar-refractivity contribution is -0.384. The molecule has 0 radical (unpaired) electrons. The monoisotopic (exact) mass is 423 g/mol. The van der Waals surface area contributed by atoms with Crippen LogP contribution in [-0.2, 0) is 12.8 Å². The second-order valence-corrected chi connectivity index (χ2v) is 6.95. The Labute approximate surface area is 175 Å².